The van der Waals surface area contributed by atoms with Gasteiger partial charge in [-0.3, -0.25) is 4.98 Å². The molecule has 0 bridgehead atoms. The molecule has 1 aromatic heterocycles. The molecule has 2 aromatic rings. The fourth-order valence-electron chi connectivity index (χ4n) is 2.89. The number of pyridine rings is 1. The van der Waals surface area contributed by atoms with E-state index in [0.717, 1.165) is 44.0 Å². The average molecular weight is 311 g/mol. The molecule has 23 heavy (non-hydrogen) atoms. The Labute approximate surface area is 138 Å². The highest BCUT2D eigenvalue weighted by Gasteiger charge is 2.13. The molecule has 3 rings (SSSR count). The van der Waals surface area contributed by atoms with E-state index in [9.17, 15) is 0 Å². The molecule has 0 saturated heterocycles. The number of nitrogens with zero attached hydrogens (tertiary/aromatic N) is 2. The van der Waals surface area contributed by atoms with Crippen molar-refractivity contribution in [2.75, 3.05) is 32.1 Å². The number of nitrogens with one attached hydrogen (secondary N) is 1. The monoisotopic (exact) mass is 311 g/mol. The molecule has 2 heterocycles. The fourth-order valence-corrected chi connectivity index (χ4v) is 2.89. The molecular weight excluding hydrogens is 286 g/mol. The third kappa shape index (κ3) is 4.23. The van der Waals surface area contributed by atoms with E-state index in [1.165, 1.54) is 11.1 Å². The van der Waals surface area contributed by atoms with Crippen molar-refractivity contribution >= 4 is 5.69 Å². The molecule has 0 fully saturated rings. The van der Waals surface area contributed by atoms with E-state index in [1.807, 2.05) is 12.4 Å². The van der Waals surface area contributed by atoms with Crippen molar-refractivity contribution in [3.05, 3.63) is 53.9 Å². The Bertz CT molecular complexity index is 630. The molecule has 4 nitrogen and oxygen atoms in total. The van der Waals surface area contributed by atoms with Crippen LogP contribution in [0.4, 0.5) is 5.69 Å². The quantitative estimate of drug-likeness (QED) is 0.890. The first-order valence-corrected chi connectivity index (χ1v) is 8.31. The van der Waals surface area contributed by atoms with Gasteiger partial charge in [0, 0.05) is 31.5 Å². The Morgan fingerprint density at radius 3 is 2.87 bits per heavy atom. The molecule has 0 spiro atoms. The van der Waals surface area contributed by atoms with Gasteiger partial charge in [0.2, 0.25) is 0 Å². The standard InChI is InChI=1S/C19H25N3O/c1-15(22(2)11-7-16-5-8-20-9-6-16)13-17-3-4-19-18(14-17)21-10-12-23-19/h3-6,8-9,14-15,21H,7,10-13H2,1-2H3. The van der Waals surface area contributed by atoms with Crippen LogP contribution in [0.5, 0.6) is 5.75 Å². The molecule has 0 radical (unpaired) electrons. The molecule has 0 aliphatic carbocycles. The van der Waals surface area contributed by atoms with Gasteiger partial charge in [0.25, 0.3) is 0 Å². The van der Waals surface area contributed by atoms with Gasteiger partial charge in [-0.25, -0.2) is 0 Å². The fraction of sp³-hybridized carbons (Fsp3) is 0.421. The van der Waals surface area contributed by atoms with Crippen molar-refractivity contribution in [3.8, 4) is 5.75 Å². The zero-order valence-corrected chi connectivity index (χ0v) is 14.0. The highest BCUT2D eigenvalue weighted by atomic mass is 16.5. The Morgan fingerprint density at radius 2 is 2.04 bits per heavy atom. The van der Waals surface area contributed by atoms with Crippen LogP contribution in [0.3, 0.4) is 0 Å². The molecule has 1 aliphatic rings. The van der Waals surface area contributed by atoms with E-state index in [4.69, 9.17) is 4.74 Å². The minimum atomic E-state index is 0.499. The topological polar surface area (TPSA) is 37.4 Å². The van der Waals surface area contributed by atoms with Gasteiger partial charge < -0.3 is 15.0 Å². The van der Waals surface area contributed by atoms with Gasteiger partial charge in [-0.15, -0.1) is 0 Å². The number of fused-ring (bicyclic) bond motifs is 1. The number of anilines is 1. The zero-order valence-electron chi connectivity index (χ0n) is 14.0. The number of likely N-dealkylation sites (N-methyl/N-ethyl adjacent to an activating group) is 1. The van der Waals surface area contributed by atoms with Crippen LogP contribution >= 0.6 is 0 Å². The Balaban J connectivity index is 1.54. The van der Waals surface area contributed by atoms with E-state index in [1.54, 1.807) is 0 Å². The molecule has 1 N–H and O–H groups in total. The van der Waals surface area contributed by atoms with Crippen LogP contribution in [0.2, 0.25) is 0 Å². The van der Waals surface area contributed by atoms with Crippen molar-refractivity contribution in [1.29, 1.82) is 0 Å². The molecular formula is C19H25N3O. The maximum atomic E-state index is 5.64. The lowest BCUT2D eigenvalue weighted by Gasteiger charge is -2.26. The van der Waals surface area contributed by atoms with Crippen molar-refractivity contribution in [3.63, 3.8) is 0 Å². The predicted octanol–water partition coefficient (Wildman–Crippen LogP) is 2.99. The van der Waals surface area contributed by atoms with E-state index in [2.05, 4.69) is 59.5 Å². The van der Waals surface area contributed by atoms with Gasteiger partial charge >= 0.3 is 0 Å². The number of ether oxygens (including phenoxy) is 1. The van der Waals surface area contributed by atoms with E-state index in [-0.39, 0.29) is 0 Å². The van der Waals surface area contributed by atoms with Gasteiger partial charge in [-0.05, 0) is 62.2 Å². The predicted molar refractivity (Wildman–Crippen MR) is 94.2 cm³/mol. The second kappa shape index (κ2) is 7.47. The number of hydrogen-bond acceptors (Lipinski definition) is 4. The highest BCUT2D eigenvalue weighted by molar-refractivity contribution is 5.59. The van der Waals surface area contributed by atoms with Crippen LogP contribution in [0.25, 0.3) is 0 Å². The van der Waals surface area contributed by atoms with Gasteiger partial charge in [0.1, 0.15) is 12.4 Å². The number of rotatable bonds is 6. The molecule has 4 heteroatoms. The Hall–Kier alpha value is -2.07. The molecule has 1 atom stereocenters. The zero-order chi connectivity index (χ0) is 16.1. The second-order valence-corrected chi connectivity index (χ2v) is 6.24. The van der Waals surface area contributed by atoms with Crippen molar-refractivity contribution in [1.82, 2.24) is 9.88 Å². The summed E-state index contributed by atoms with van der Waals surface area (Å²) in [7, 11) is 2.20. The van der Waals surface area contributed by atoms with Crippen LogP contribution < -0.4 is 10.1 Å². The Morgan fingerprint density at radius 1 is 1.22 bits per heavy atom. The summed E-state index contributed by atoms with van der Waals surface area (Å²) in [6.07, 6.45) is 5.83. The average Bonchev–Trinajstić information content (AvgIpc) is 2.60. The maximum Gasteiger partial charge on any atom is 0.142 e. The summed E-state index contributed by atoms with van der Waals surface area (Å²) < 4.78 is 5.64. The maximum absolute atomic E-state index is 5.64. The summed E-state index contributed by atoms with van der Waals surface area (Å²) in [6.45, 7) is 4.98. The van der Waals surface area contributed by atoms with Gasteiger partial charge in [-0.2, -0.15) is 0 Å². The molecule has 122 valence electrons. The normalized spacial score (nSPS) is 14.7. The van der Waals surface area contributed by atoms with Crippen LogP contribution in [0, 0.1) is 0 Å². The first kappa shape index (κ1) is 15.8. The number of aromatic nitrogens is 1. The van der Waals surface area contributed by atoms with Gasteiger partial charge in [0.15, 0.2) is 0 Å². The van der Waals surface area contributed by atoms with Crippen molar-refractivity contribution < 1.29 is 4.74 Å². The summed E-state index contributed by atoms with van der Waals surface area (Å²) in [5.74, 6) is 0.971. The molecule has 0 amide bonds. The van der Waals surface area contributed by atoms with Crippen molar-refractivity contribution in [2.45, 2.75) is 25.8 Å². The number of benzene rings is 1. The first-order chi connectivity index (χ1) is 11.2. The molecule has 0 saturated carbocycles. The van der Waals surface area contributed by atoms with Crippen LogP contribution in [-0.4, -0.2) is 42.7 Å². The van der Waals surface area contributed by atoms with Crippen molar-refractivity contribution in [2.24, 2.45) is 0 Å². The highest BCUT2D eigenvalue weighted by Crippen LogP contribution is 2.28. The number of hydrogen-bond donors (Lipinski definition) is 1. The lowest BCUT2D eigenvalue weighted by atomic mass is 10.0. The van der Waals surface area contributed by atoms with Crippen LogP contribution in [-0.2, 0) is 12.8 Å². The molecule has 1 aromatic carbocycles. The van der Waals surface area contributed by atoms with Crippen LogP contribution in [0.1, 0.15) is 18.1 Å². The summed E-state index contributed by atoms with van der Waals surface area (Å²) in [6, 6.07) is 11.2. The van der Waals surface area contributed by atoms with E-state index in [0.29, 0.717) is 6.04 Å². The minimum Gasteiger partial charge on any atom is -0.490 e. The Kier molecular flexibility index (Phi) is 5.13. The van der Waals surface area contributed by atoms with E-state index >= 15 is 0 Å². The third-order valence-electron chi connectivity index (χ3n) is 4.51. The lowest BCUT2D eigenvalue weighted by molar-refractivity contribution is 0.259. The van der Waals surface area contributed by atoms with Gasteiger partial charge in [-0.1, -0.05) is 6.07 Å². The molecule has 1 unspecified atom stereocenters. The smallest absolute Gasteiger partial charge is 0.142 e. The van der Waals surface area contributed by atoms with Crippen LogP contribution in [0.15, 0.2) is 42.7 Å². The van der Waals surface area contributed by atoms with E-state index < -0.39 is 0 Å². The summed E-state index contributed by atoms with van der Waals surface area (Å²) in [5, 5.41) is 3.41. The minimum absolute atomic E-state index is 0.499. The SMILES string of the molecule is CC(Cc1ccc2c(c1)NCCO2)N(C)CCc1ccncc1. The third-order valence-corrected chi connectivity index (χ3v) is 4.51. The summed E-state index contributed by atoms with van der Waals surface area (Å²) in [4.78, 5) is 6.49. The summed E-state index contributed by atoms with van der Waals surface area (Å²) >= 11 is 0. The molecule has 1 aliphatic heterocycles. The summed E-state index contributed by atoms with van der Waals surface area (Å²) in [5.41, 5.74) is 3.82. The second-order valence-electron chi connectivity index (χ2n) is 6.24. The first-order valence-electron chi connectivity index (χ1n) is 8.31. The van der Waals surface area contributed by atoms with Gasteiger partial charge in [0.05, 0.1) is 5.69 Å². The lowest BCUT2D eigenvalue weighted by Crippen LogP contribution is -2.32. The largest absolute Gasteiger partial charge is 0.490 e.